The van der Waals surface area contributed by atoms with Gasteiger partial charge >= 0.3 is 0 Å². The zero-order valence-electron chi connectivity index (χ0n) is 24.2. The Morgan fingerprint density at radius 1 is 0.914 bits per heavy atom. The predicted octanol–water partition coefficient (Wildman–Crippen LogP) is 9.60. The molecule has 0 saturated heterocycles. The molecule has 3 nitrogen and oxygen atoms in total. The monoisotopic (exact) mass is 479 g/mol. The third kappa shape index (κ3) is 15.3. The summed E-state index contributed by atoms with van der Waals surface area (Å²) in [5.41, 5.74) is 11.4. The number of aromatic nitrogens is 1. The molecule has 3 N–H and O–H groups in total. The minimum Gasteiger partial charge on any atom is -0.403 e. The van der Waals surface area contributed by atoms with Crippen LogP contribution < -0.4 is 5.73 Å². The molecule has 1 aliphatic rings. The average molecular weight is 480 g/mol. The minimum absolute atomic E-state index is 0.352. The molecule has 1 aliphatic heterocycles. The highest BCUT2D eigenvalue weighted by atomic mass is 14.7. The molecule has 3 rings (SSSR count). The van der Waals surface area contributed by atoms with Gasteiger partial charge in [-0.05, 0) is 60.0 Å². The Balaban J connectivity index is 0.000000268. The summed E-state index contributed by atoms with van der Waals surface area (Å²) >= 11 is 0. The number of aliphatic imine (C=N–C) groups is 1. The Hall–Kier alpha value is -2.29. The first-order chi connectivity index (χ1) is 16.1. The third-order valence-corrected chi connectivity index (χ3v) is 5.50. The number of para-hydroxylation sites is 1. The second kappa shape index (κ2) is 13.7. The molecular weight excluding hydrogens is 426 g/mol. The van der Waals surface area contributed by atoms with Crippen molar-refractivity contribution in [3.63, 3.8) is 0 Å². The molecule has 1 aromatic heterocycles. The molecule has 0 spiro atoms. The van der Waals surface area contributed by atoms with Gasteiger partial charge in [0.2, 0.25) is 0 Å². The van der Waals surface area contributed by atoms with E-state index < -0.39 is 0 Å². The van der Waals surface area contributed by atoms with Gasteiger partial charge in [-0.15, -0.1) is 0 Å². The molecule has 0 aliphatic carbocycles. The lowest BCUT2D eigenvalue weighted by molar-refractivity contribution is 0.360. The Morgan fingerprint density at radius 2 is 1.54 bits per heavy atom. The summed E-state index contributed by atoms with van der Waals surface area (Å²) in [6.07, 6.45) is 14.3. The molecule has 35 heavy (non-hydrogen) atoms. The van der Waals surface area contributed by atoms with Crippen LogP contribution in [0.25, 0.3) is 10.9 Å². The Bertz CT molecular complexity index is 953. The molecule has 0 atom stereocenters. The number of unbranched alkanes of at least 4 members (excludes halogenated alkanes) is 1. The quantitative estimate of drug-likeness (QED) is 0.398. The number of fused-ring (bicyclic) bond motifs is 1. The average Bonchev–Trinajstić information content (AvgIpc) is 3.33. The molecule has 2 aromatic rings. The van der Waals surface area contributed by atoms with E-state index in [4.69, 9.17) is 5.73 Å². The molecule has 0 amide bonds. The first kappa shape index (κ1) is 30.7. The number of nitrogens with one attached hydrogen (secondary N) is 1. The summed E-state index contributed by atoms with van der Waals surface area (Å²) in [6.45, 7) is 24.0. The Morgan fingerprint density at radius 3 is 2.06 bits per heavy atom. The lowest BCUT2D eigenvalue weighted by atomic mass is 9.88. The predicted molar refractivity (Wildman–Crippen MR) is 158 cm³/mol. The normalized spacial score (nSPS) is 13.6. The molecule has 0 bridgehead atoms. The fourth-order valence-electron chi connectivity index (χ4n) is 3.93. The van der Waals surface area contributed by atoms with Gasteiger partial charge in [-0.3, -0.25) is 4.99 Å². The van der Waals surface area contributed by atoms with E-state index in [-0.39, 0.29) is 0 Å². The van der Waals surface area contributed by atoms with Gasteiger partial charge in [-0.1, -0.05) is 99.6 Å². The van der Waals surface area contributed by atoms with Crippen LogP contribution in [-0.4, -0.2) is 11.2 Å². The number of H-pyrrole nitrogens is 1. The van der Waals surface area contributed by atoms with E-state index in [1.807, 2.05) is 6.21 Å². The molecule has 0 radical (unpaired) electrons. The van der Waals surface area contributed by atoms with Crippen molar-refractivity contribution in [1.82, 2.24) is 4.98 Å². The van der Waals surface area contributed by atoms with Crippen LogP contribution in [-0.2, 0) is 6.42 Å². The van der Waals surface area contributed by atoms with Crippen molar-refractivity contribution in [2.24, 2.45) is 27.0 Å². The Kier molecular flexibility index (Phi) is 12.0. The first-order valence-electron chi connectivity index (χ1n) is 13.3. The van der Waals surface area contributed by atoms with Crippen LogP contribution >= 0.6 is 0 Å². The van der Waals surface area contributed by atoms with Gasteiger partial charge < -0.3 is 10.7 Å². The lowest BCUT2D eigenvalue weighted by Gasteiger charge is -2.17. The van der Waals surface area contributed by atoms with Crippen molar-refractivity contribution in [2.75, 3.05) is 0 Å². The highest BCUT2D eigenvalue weighted by Gasteiger charge is 2.14. The van der Waals surface area contributed by atoms with Crippen LogP contribution in [0.4, 0.5) is 0 Å². The van der Waals surface area contributed by atoms with E-state index in [0.29, 0.717) is 16.2 Å². The van der Waals surface area contributed by atoms with Crippen molar-refractivity contribution in [3.05, 3.63) is 60.1 Å². The number of nitrogens with zero attached hydrogens (tertiary/aromatic N) is 1. The number of allylic oxidation sites excluding steroid dienone is 3. The van der Waals surface area contributed by atoms with E-state index in [0.717, 1.165) is 31.4 Å². The molecule has 3 heteroatoms. The van der Waals surface area contributed by atoms with E-state index in [2.05, 4.69) is 115 Å². The van der Waals surface area contributed by atoms with E-state index in [1.54, 1.807) is 0 Å². The van der Waals surface area contributed by atoms with E-state index in [9.17, 15) is 0 Å². The molecular formula is C32H53N3. The van der Waals surface area contributed by atoms with Gasteiger partial charge in [0.1, 0.15) is 0 Å². The SMILES string of the molecule is C=C(N)CCCCC(C)(C)C.CC(C)(C)CC1=CCC=N1.CC(C)(C)Cc1c[nH]c2ccccc12. The second-order valence-corrected chi connectivity index (χ2v) is 13.5. The Labute approximate surface area is 216 Å². The number of hydrogen-bond acceptors (Lipinski definition) is 2. The summed E-state index contributed by atoms with van der Waals surface area (Å²) in [5.74, 6) is 0. The van der Waals surface area contributed by atoms with Crippen LogP contribution in [0, 0.1) is 16.2 Å². The fraction of sp³-hybridized carbons (Fsp3) is 0.594. The number of benzene rings is 1. The fourth-order valence-corrected chi connectivity index (χ4v) is 3.93. The molecule has 0 fully saturated rings. The summed E-state index contributed by atoms with van der Waals surface area (Å²) in [5, 5.41) is 1.36. The highest BCUT2D eigenvalue weighted by molar-refractivity contribution is 5.83. The molecule has 196 valence electrons. The van der Waals surface area contributed by atoms with Crippen molar-refractivity contribution in [2.45, 2.75) is 107 Å². The van der Waals surface area contributed by atoms with Crippen LogP contribution in [0.15, 0.2) is 59.5 Å². The number of hydrogen-bond donors (Lipinski definition) is 2. The van der Waals surface area contributed by atoms with Crippen LogP contribution in [0.2, 0.25) is 0 Å². The maximum atomic E-state index is 5.45. The van der Waals surface area contributed by atoms with E-state index in [1.165, 1.54) is 41.4 Å². The van der Waals surface area contributed by atoms with Crippen molar-refractivity contribution >= 4 is 17.1 Å². The summed E-state index contributed by atoms with van der Waals surface area (Å²) in [7, 11) is 0. The minimum atomic E-state index is 0.352. The van der Waals surface area contributed by atoms with E-state index >= 15 is 0 Å². The topological polar surface area (TPSA) is 54.2 Å². The largest absolute Gasteiger partial charge is 0.403 e. The number of nitrogens with two attached hydrogens (primary N) is 1. The second-order valence-electron chi connectivity index (χ2n) is 13.5. The zero-order valence-corrected chi connectivity index (χ0v) is 24.2. The van der Waals surface area contributed by atoms with Crippen LogP contribution in [0.3, 0.4) is 0 Å². The van der Waals surface area contributed by atoms with Crippen molar-refractivity contribution < 1.29 is 0 Å². The molecule has 1 aromatic carbocycles. The van der Waals surface area contributed by atoms with Gasteiger partial charge in [0.15, 0.2) is 0 Å². The third-order valence-electron chi connectivity index (χ3n) is 5.50. The van der Waals surface area contributed by atoms with Gasteiger partial charge in [-0.2, -0.15) is 0 Å². The lowest BCUT2D eigenvalue weighted by Crippen LogP contribution is -2.08. The van der Waals surface area contributed by atoms with Gasteiger partial charge in [0.25, 0.3) is 0 Å². The highest BCUT2D eigenvalue weighted by Crippen LogP contribution is 2.27. The van der Waals surface area contributed by atoms with Crippen LogP contribution in [0.5, 0.6) is 0 Å². The smallest absolute Gasteiger partial charge is 0.0456 e. The zero-order chi connectivity index (χ0) is 26.7. The maximum absolute atomic E-state index is 5.45. The molecule has 0 unspecified atom stereocenters. The first-order valence-corrected chi connectivity index (χ1v) is 13.3. The molecule has 2 heterocycles. The van der Waals surface area contributed by atoms with Crippen molar-refractivity contribution in [1.29, 1.82) is 0 Å². The summed E-state index contributed by atoms with van der Waals surface area (Å²) in [4.78, 5) is 7.57. The number of rotatable bonds is 6. The summed E-state index contributed by atoms with van der Waals surface area (Å²) in [6, 6.07) is 8.48. The van der Waals surface area contributed by atoms with Crippen molar-refractivity contribution in [3.8, 4) is 0 Å². The summed E-state index contributed by atoms with van der Waals surface area (Å²) < 4.78 is 0. The molecule has 0 saturated carbocycles. The standard InChI is InChI=1S/C13H17N.C10H21N.C9H15N/c1-13(2,3)8-10-9-14-12-7-5-4-6-11(10)12;1-9(11)7-5-6-8-10(2,3)4;1-9(2,3)7-8-5-4-6-10-8/h4-7,9,14H,8H2,1-3H3;1,5-8,11H2,2-4H3;5-6H,4,7H2,1-3H3. The maximum Gasteiger partial charge on any atom is 0.0456 e. The van der Waals surface area contributed by atoms with Gasteiger partial charge in [-0.25, -0.2) is 0 Å². The van der Waals surface area contributed by atoms with Crippen LogP contribution in [0.1, 0.15) is 106 Å². The number of aromatic amines is 1. The van der Waals surface area contributed by atoms with Gasteiger partial charge in [0.05, 0.1) is 0 Å². The van der Waals surface area contributed by atoms with Gasteiger partial charge in [0, 0.05) is 41.1 Å².